The molecule has 0 aliphatic heterocycles. The van der Waals surface area contributed by atoms with E-state index in [2.05, 4.69) is 28.7 Å². The Morgan fingerprint density at radius 2 is 2.17 bits per heavy atom. The molecule has 0 unspecified atom stereocenters. The van der Waals surface area contributed by atoms with E-state index in [0.717, 1.165) is 18.6 Å². The van der Waals surface area contributed by atoms with Crippen LogP contribution in [0.15, 0.2) is 23.3 Å². The van der Waals surface area contributed by atoms with Gasteiger partial charge in [0.15, 0.2) is 0 Å². The lowest BCUT2D eigenvalue weighted by molar-refractivity contribution is 0.249. The van der Waals surface area contributed by atoms with Gasteiger partial charge in [-0.1, -0.05) is 18.2 Å². The van der Waals surface area contributed by atoms with Crippen LogP contribution in [0.4, 0.5) is 4.79 Å². The summed E-state index contributed by atoms with van der Waals surface area (Å²) in [6.07, 6.45) is 5.65. The topological polar surface area (TPSA) is 67.5 Å². The fourth-order valence-electron chi connectivity index (χ4n) is 2.49. The first-order valence-corrected chi connectivity index (χ1v) is 6.35. The van der Waals surface area contributed by atoms with E-state index < -0.39 is 6.03 Å². The van der Waals surface area contributed by atoms with E-state index in [-0.39, 0.29) is 0 Å². The maximum Gasteiger partial charge on any atom is 0.332 e. The molecule has 1 aliphatic carbocycles. The minimum atomic E-state index is -0.621. The van der Waals surface area contributed by atoms with Crippen molar-refractivity contribution in [2.24, 2.45) is 10.8 Å². The van der Waals surface area contributed by atoms with Crippen molar-refractivity contribution < 1.29 is 4.79 Å². The normalized spacial score (nSPS) is 15.1. The Balaban J connectivity index is 2.14. The van der Waals surface area contributed by atoms with Crippen LogP contribution in [-0.4, -0.2) is 11.7 Å². The van der Waals surface area contributed by atoms with Crippen molar-refractivity contribution in [1.29, 1.82) is 0 Å². The van der Waals surface area contributed by atoms with Gasteiger partial charge in [-0.2, -0.15) is 5.10 Å². The summed E-state index contributed by atoms with van der Waals surface area (Å²) in [4.78, 5) is 10.6. The summed E-state index contributed by atoms with van der Waals surface area (Å²) in [7, 11) is 0. The average Bonchev–Trinajstić information content (AvgIpc) is 2.37. The van der Waals surface area contributed by atoms with Crippen LogP contribution in [0.5, 0.6) is 0 Å². The van der Waals surface area contributed by atoms with Crippen molar-refractivity contribution in [2.75, 3.05) is 0 Å². The Morgan fingerprint density at radius 1 is 1.39 bits per heavy atom. The molecule has 3 N–H and O–H groups in total. The number of hydrogen-bond acceptors (Lipinski definition) is 2. The first kappa shape index (κ1) is 12.6. The number of fused-ring (bicyclic) bond motifs is 1. The molecule has 96 valence electrons. The molecule has 4 heteroatoms. The number of carbonyl (C=O) groups excluding carboxylic acids is 1. The van der Waals surface area contributed by atoms with Crippen LogP contribution in [0.25, 0.3) is 0 Å². The highest BCUT2D eigenvalue weighted by Crippen LogP contribution is 2.24. The maximum atomic E-state index is 10.6. The third-order valence-electron chi connectivity index (χ3n) is 3.30. The van der Waals surface area contributed by atoms with Crippen molar-refractivity contribution >= 4 is 11.7 Å². The highest BCUT2D eigenvalue weighted by atomic mass is 16.2. The van der Waals surface area contributed by atoms with E-state index in [9.17, 15) is 4.79 Å². The fourth-order valence-corrected chi connectivity index (χ4v) is 2.49. The van der Waals surface area contributed by atoms with Gasteiger partial charge in [-0.05, 0) is 49.3 Å². The molecule has 1 aliphatic rings. The molecule has 0 fully saturated rings. The molecule has 0 saturated carbocycles. The van der Waals surface area contributed by atoms with Gasteiger partial charge < -0.3 is 5.73 Å². The van der Waals surface area contributed by atoms with Crippen molar-refractivity contribution in [2.45, 2.75) is 39.0 Å². The number of nitrogens with zero attached hydrogens (tertiary/aromatic N) is 1. The van der Waals surface area contributed by atoms with Crippen LogP contribution in [0.2, 0.25) is 0 Å². The molecule has 4 nitrogen and oxygen atoms in total. The summed E-state index contributed by atoms with van der Waals surface area (Å²) in [6.45, 7) is 1.90. The number of hydrazone groups is 1. The van der Waals surface area contributed by atoms with Gasteiger partial charge in [-0.15, -0.1) is 0 Å². The number of nitrogens with one attached hydrogen (secondary N) is 1. The molecule has 0 spiro atoms. The number of urea groups is 1. The van der Waals surface area contributed by atoms with Crippen LogP contribution in [0, 0.1) is 0 Å². The predicted molar refractivity (Wildman–Crippen MR) is 72.6 cm³/mol. The molecule has 2 rings (SSSR count). The maximum absolute atomic E-state index is 10.6. The van der Waals surface area contributed by atoms with Gasteiger partial charge in [0.25, 0.3) is 0 Å². The van der Waals surface area contributed by atoms with Crippen LogP contribution in [-0.2, 0) is 19.3 Å². The first-order chi connectivity index (χ1) is 8.66. The van der Waals surface area contributed by atoms with Gasteiger partial charge in [0.2, 0.25) is 0 Å². The highest BCUT2D eigenvalue weighted by molar-refractivity contribution is 5.85. The number of hydrogen-bond donors (Lipinski definition) is 2. The van der Waals surface area contributed by atoms with E-state index in [0.29, 0.717) is 0 Å². The zero-order valence-electron chi connectivity index (χ0n) is 10.7. The van der Waals surface area contributed by atoms with Crippen LogP contribution in [0.3, 0.4) is 0 Å². The van der Waals surface area contributed by atoms with Gasteiger partial charge in [-0.25, -0.2) is 10.2 Å². The molecule has 0 bridgehead atoms. The van der Waals surface area contributed by atoms with Gasteiger partial charge in [-0.3, -0.25) is 0 Å². The van der Waals surface area contributed by atoms with Crippen molar-refractivity contribution in [1.82, 2.24) is 5.43 Å². The zero-order valence-corrected chi connectivity index (χ0v) is 10.7. The molecule has 1 aromatic rings. The summed E-state index contributed by atoms with van der Waals surface area (Å²) in [5, 5.41) is 3.96. The molecule has 0 radical (unpaired) electrons. The molecular formula is C14H19N3O. The quantitative estimate of drug-likeness (QED) is 0.622. The molecular weight excluding hydrogens is 226 g/mol. The lowest BCUT2D eigenvalue weighted by Crippen LogP contribution is -2.25. The predicted octanol–water partition coefficient (Wildman–Crippen LogP) is 2.15. The number of benzene rings is 1. The lowest BCUT2D eigenvalue weighted by Gasteiger charge is -2.19. The summed E-state index contributed by atoms with van der Waals surface area (Å²) in [5.74, 6) is 0. The molecule has 2 amide bonds. The Labute approximate surface area is 107 Å². The van der Waals surface area contributed by atoms with Crippen LogP contribution in [0.1, 0.15) is 36.5 Å². The van der Waals surface area contributed by atoms with E-state index in [1.807, 2.05) is 6.92 Å². The highest BCUT2D eigenvalue weighted by Gasteiger charge is 2.13. The van der Waals surface area contributed by atoms with Crippen LogP contribution < -0.4 is 11.2 Å². The zero-order chi connectivity index (χ0) is 13.0. The van der Waals surface area contributed by atoms with E-state index in [1.165, 1.54) is 36.0 Å². The fraction of sp³-hybridized carbons (Fsp3) is 0.429. The first-order valence-electron chi connectivity index (χ1n) is 6.35. The largest absolute Gasteiger partial charge is 0.350 e. The summed E-state index contributed by atoms with van der Waals surface area (Å²) in [6, 6.07) is 5.85. The molecule has 18 heavy (non-hydrogen) atoms. The Bertz CT molecular complexity index is 480. The van der Waals surface area contributed by atoms with Gasteiger partial charge in [0, 0.05) is 12.1 Å². The summed E-state index contributed by atoms with van der Waals surface area (Å²) < 4.78 is 0. The SMILES string of the molecule is C/C(Cc1cccc2c1CCCC2)=N\NC(N)=O. The molecule has 0 heterocycles. The van der Waals surface area contributed by atoms with Crippen molar-refractivity contribution in [3.63, 3.8) is 0 Å². The standard InChI is InChI=1S/C14H19N3O/c1-10(16-17-14(15)18)9-12-7-4-6-11-5-2-3-8-13(11)12/h4,6-7H,2-3,5,8-9H2,1H3,(H3,15,17,18)/b16-10+. The molecule has 0 atom stereocenters. The Morgan fingerprint density at radius 3 is 2.94 bits per heavy atom. The van der Waals surface area contributed by atoms with E-state index in [4.69, 9.17) is 5.73 Å². The van der Waals surface area contributed by atoms with Crippen LogP contribution >= 0.6 is 0 Å². The Hall–Kier alpha value is -1.84. The molecule has 0 aromatic heterocycles. The summed E-state index contributed by atoms with van der Waals surface area (Å²) >= 11 is 0. The summed E-state index contributed by atoms with van der Waals surface area (Å²) in [5.41, 5.74) is 12.4. The Kier molecular flexibility index (Phi) is 3.97. The number of aryl methyl sites for hydroxylation is 1. The van der Waals surface area contributed by atoms with Crippen molar-refractivity contribution in [3.8, 4) is 0 Å². The van der Waals surface area contributed by atoms with Crippen molar-refractivity contribution in [3.05, 3.63) is 34.9 Å². The van der Waals surface area contributed by atoms with E-state index in [1.54, 1.807) is 0 Å². The second-order valence-electron chi connectivity index (χ2n) is 4.76. The number of primary amides is 1. The number of amides is 2. The lowest BCUT2D eigenvalue weighted by atomic mass is 9.87. The van der Waals surface area contributed by atoms with Gasteiger partial charge >= 0.3 is 6.03 Å². The number of carbonyl (C=O) groups is 1. The molecule has 0 saturated heterocycles. The third-order valence-corrected chi connectivity index (χ3v) is 3.30. The van der Waals surface area contributed by atoms with Gasteiger partial charge in [0.05, 0.1) is 0 Å². The number of nitrogens with two attached hydrogens (primary N) is 1. The number of rotatable bonds is 3. The average molecular weight is 245 g/mol. The van der Waals surface area contributed by atoms with Gasteiger partial charge in [0.1, 0.15) is 0 Å². The second kappa shape index (κ2) is 5.67. The minimum absolute atomic E-state index is 0.621. The third kappa shape index (κ3) is 3.09. The minimum Gasteiger partial charge on any atom is -0.350 e. The van der Waals surface area contributed by atoms with E-state index >= 15 is 0 Å². The molecule has 1 aromatic carbocycles. The second-order valence-corrected chi connectivity index (χ2v) is 4.76. The smallest absolute Gasteiger partial charge is 0.332 e. The monoisotopic (exact) mass is 245 g/mol.